The van der Waals surface area contributed by atoms with Crippen LogP contribution in [0.15, 0.2) is 18.2 Å². The Bertz CT molecular complexity index is 393. The summed E-state index contributed by atoms with van der Waals surface area (Å²) in [5.41, 5.74) is 1.66. The van der Waals surface area contributed by atoms with Crippen molar-refractivity contribution < 1.29 is 9.53 Å². The number of carbonyl (C=O) groups is 1. The molecule has 1 aromatic rings. The quantitative estimate of drug-likeness (QED) is 0.757. The summed E-state index contributed by atoms with van der Waals surface area (Å²) in [5.74, 6) is 1.17. The van der Waals surface area contributed by atoms with Gasteiger partial charge in [-0.15, -0.1) is 11.6 Å². The SMILES string of the molecule is CCN(CCCl)C(=O)c1ccc(C)c(OC)c1. The second-order valence-corrected chi connectivity index (χ2v) is 4.14. The molecule has 0 aliphatic rings. The molecule has 0 fully saturated rings. The van der Waals surface area contributed by atoms with Gasteiger partial charge in [0.05, 0.1) is 7.11 Å². The van der Waals surface area contributed by atoms with Crippen LogP contribution >= 0.6 is 11.6 Å². The molecule has 0 unspecified atom stereocenters. The molecule has 0 saturated heterocycles. The fourth-order valence-corrected chi connectivity index (χ4v) is 1.84. The van der Waals surface area contributed by atoms with Crippen molar-refractivity contribution in [3.05, 3.63) is 29.3 Å². The zero-order valence-electron chi connectivity index (χ0n) is 10.5. The monoisotopic (exact) mass is 255 g/mol. The Morgan fingerprint density at radius 1 is 1.47 bits per heavy atom. The Labute approximate surface area is 107 Å². The minimum Gasteiger partial charge on any atom is -0.496 e. The molecule has 1 aromatic carbocycles. The number of hydrogen-bond acceptors (Lipinski definition) is 2. The van der Waals surface area contributed by atoms with Crippen molar-refractivity contribution in [1.29, 1.82) is 0 Å². The molecule has 0 bridgehead atoms. The number of nitrogens with zero attached hydrogens (tertiary/aromatic N) is 1. The van der Waals surface area contributed by atoms with Gasteiger partial charge in [0.1, 0.15) is 5.75 Å². The lowest BCUT2D eigenvalue weighted by Crippen LogP contribution is -2.32. The van der Waals surface area contributed by atoms with E-state index in [1.807, 2.05) is 26.0 Å². The second kappa shape index (κ2) is 6.50. The Hall–Kier alpha value is -1.22. The van der Waals surface area contributed by atoms with Crippen LogP contribution in [0.25, 0.3) is 0 Å². The zero-order chi connectivity index (χ0) is 12.8. The average molecular weight is 256 g/mol. The number of benzene rings is 1. The maximum absolute atomic E-state index is 12.2. The van der Waals surface area contributed by atoms with E-state index >= 15 is 0 Å². The number of alkyl halides is 1. The second-order valence-electron chi connectivity index (χ2n) is 3.76. The third-order valence-corrected chi connectivity index (χ3v) is 2.85. The molecule has 1 amide bonds. The van der Waals surface area contributed by atoms with Crippen LogP contribution in [0.5, 0.6) is 5.75 Å². The Morgan fingerprint density at radius 2 is 2.18 bits per heavy atom. The summed E-state index contributed by atoms with van der Waals surface area (Å²) >= 11 is 5.67. The summed E-state index contributed by atoms with van der Waals surface area (Å²) in [5, 5.41) is 0. The van der Waals surface area contributed by atoms with Crippen molar-refractivity contribution in [2.45, 2.75) is 13.8 Å². The number of amides is 1. The highest BCUT2D eigenvalue weighted by Gasteiger charge is 2.14. The van der Waals surface area contributed by atoms with Crippen molar-refractivity contribution in [3.63, 3.8) is 0 Å². The average Bonchev–Trinajstić information content (AvgIpc) is 2.35. The van der Waals surface area contributed by atoms with E-state index < -0.39 is 0 Å². The minimum atomic E-state index is -0.00792. The fourth-order valence-electron chi connectivity index (χ4n) is 1.64. The van der Waals surface area contributed by atoms with Gasteiger partial charge in [-0.2, -0.15) is 0 Å². The molecule has 94 valence electrons. The first kappa shape index (κ1) is 13.8. The lowest BCUT2D eigenvalue weighted by atomic mass is 10.1. The Balaban J connectivity index is 2.95. The maximum Gasteiger partial charge on any atom is 0.254 e. The molecule has 0 saturated carbocycles. The highest BCUT2D eigenvalue weighted by molar-refractivity contribution is 6.18. The standard InChI is InChI=1S/C13H18ClNO2/c1-4-15(8-7-14)13(16)11-6-5-10(2)12(9-11)17-3/h5-6,9H,4,7-8H2,1-3H3. The topological polar surface area (TPSA) is 29.5 Å². The first-order chi connectivity index (χ1) is 8.13. The molecular formula is C13H18ClNO2. The maximum atomic E-state index is 12.2. The number of aryl methyl sites for hydroxylation is 1. The largest absolute Gasteiger partial charge is 0.496 e. The minimum absolute atomic E-state index is 0.00792. The normalized spacial score (nSPS) is 10.1. The molecule has 0 aliphatic carbocycles. The van der Waals surface area contributed by atoms with Gasteiger partial charge in [-0.25, -0.2) is 0 Å². The smallest absolute Gasteiger partial charge is 0.254 e. The van der Waals surface area contributed by atoms with Crippen LogP contribution in [-0.4, -0.2) is 36.9 Å². The Kier molecular flexibility index (Phi) is 5.29. The number of rotatable bonds is 5. The van der Waals surface area contributed by atoms with E-state index in [1.54, 1.807) is 18.1 Å². The number of methoxy groups -OCH3 is 1. The molecule has 0 N–H and O–H groups in total. The predicted octanol–water partition coefficient (Wildman–Crippen LogP) is 2.70. The van der Waals surface area contributed by atoms with Gasteiger partial charge in [0.15, 0.2) is 0 Å². The van der Waals surface area contributed by atoms with Gasteiger partial charge < -0.3 is 9.64 Å². The summed E-state index contributed by atoms with van der Waals surface area (Å²) in [7, 11) is 1.60. The van der Waals surface area contributed by atoms with Crippen LogP contribution in [0.1, 0.15) is 22.8 Å². The van der Waals surface area contributed by atoms with E-state index in [1.165, 1.54) is 0 Å². The molecule has 17 heavy (non-hydrogen) atoms. The van der Waals surface area contributed by atoms with Crippen molar-refractivity contribution in [3.8, 4) is 5.75 Å². The number of halogens is 1. The van der Waals surface area contributed by atoms with Crippen molar-refractivity contribution >= 4 is 17.5 Å². The molecule has 4 heteroatoms. The van der Waals surface area contributed by atoms with Crippen molar-refractivity contribution in [1.82, 2.24) is 4.90 Å². The summed E-state index contributed by atoms with van der Waals surface area (Å²) in [6, 6.07) is 5.48. The van der Waals surface area contributed by atoms with Crippen LogP contribution in [0, 0.1) is 6.92 Å². The molecule has 0 heterocycles. The molecule has 1 rings (SSSR count). The van der Waals surface area contributed by atoms with Gasteiger partial charge in [0.2, 0.25) is 0 Å². The van der Waals surface area contributed by atoms with Crippen molar-refractivity contribution in [2.24, 2.45) is 0 Å². The van der Waals surface area contributed by atoms with Crippen LogP contribution in [0.2, 0.25) is 0 Å². The predicted molar refractivity (Wildman–Crippen MR) is 70.0 cm³/mol. The third kappa shape index (κ3) is 3.37. The van der Waals surface area contributed by atoms with Gasteiger partial charge in [-0.05, 0) is 31.5 Å². The highest BCUT2D eigenvalue weighted by Crippen LogP contribution is 2.20. The van der Waals surface area contributed by atoms with Gasteiger partial charge in [-0.1, -0.05) is 6.07 Å². The van der Waals surface area contributed by atoms with Gasteiger partial charge >= 0.3 is 0 Å². The van der Waals surface area contributed by atoms with E-state index in [-0.39, 0.29) is 5.91 Å². The van der Waals surface area contributed by atoms with E-state index in [2.05, 4.69) is 0 Å². The summed E-state index contributed by atoms with van der Waals surface area (Å²) in [4.78, 5) is 13.9. The van der Waals surface area contributed by atoms with Crippen molar-refractivity contribution in [2.75, 3.05) is 26.1 Å². The van der Waals surface area contributed by atoms with Gasteiger partial charge in [0.25, 0.3) is 5.91 Å². The van der Waals surface area contributed by atoms with Crippen LogP contribution in [0.3, 0.4) is 0 Å². The van der Waals surface area contributed by atoms with E-state index in [0.29, 0.717) is 24.5 Å². The number of ether oxygens (including phenoxy) is 1. The van der Waals surface area contributed by atoms with Crippen LogP contribution in [-0.2, 0) is 0 Å². The first-order valence-electron chi connectivity index (χ1n) is 5.63. The molecule has 3 nitrogen and oxygen atoms in total. The third-order valence-electron chi connectivity index (χ3n) is 2.68. The van der Waals surface area contributed by atoms with Crippen LogP contribution < -0.4 is 4.74 Å². The van der Waals surface area contributed by atoms with E-state index in [9.17, 15) is 4.79 Å². The molecular weight excluding hydrogens is 238 g/mol. The lowest BCUT2D eigenvalue weighted by molar-refractivity contribution is 0.0773. The van der Waals surface area contributed by atoms with Gasteiger partial charge in [0, 0.05) is 24.5 Å². The van der Waals surface area contributed by atoms with Gasteiger partial charge in [-0.3, -0.25) is 4.79 Å². The Morgan fingerprint density at radius 3 is 2.71 bits per heavy atom. The highest BCUT2D eigenvalue weighted by atomic mass is 35.5. The van der Waals surface area contributed by atoms with Crippen LogP contribution in [0.4, 0.5) is 0 Å². The molecule has 0 aliphatic heterocycles. The molecule has 0 spiro atoms. The first-order valence-corrected chi connectivity index (χ1v) is 6.17. The molecule has 0 radical (unpaired) electrons. The molecule has 0 atom stereocenters. The van der Waals surface area contributed by atoms with E-state index in [4.69, 9.17) is 16.3 Å². The number of hydrogen-bond donors (Lipinski definition) is 0. The number of carbonyl (C=O) groups excluding carboxylic acids is 1. The summed E-state index contributed by atoms with van der Waals surface area (Å²) < 4.78 is 5.21. The zero-order valence-corrected chi connectivity index (χ0v) is 11.3. The fraction of sp³-hybridized carbons (Fsp3) is 0.462. The molecule has 0 aromatic heterocycles. The summed E-state index contributed by atoms with van der Waals surface area (Å²) in [6.45, 7) is 5.11. The van der Waals surface area contributed by atoms with E-state index in [0.717, 1.165) is 11.3 Å². The summed E-state index contributed by atoms with van der Waals surface area (Å²) in [6.07, 6.45) is 0. The lowest BCUT2D eigenvalue weighted by Gasteiger charge is -2.20.